The summed E-state index contributed by atoms with van der Waals surface area (Å²) >= 11 is 0. The molecule has 120 valence electrons. The van der Waals surface area contributed by atoms with Crippen molar-refractivity contribution in [2.75, 3.05) is 37.9 Å². The second kappa shape index (κ2) is 8.21. The van der Waals surface area contributed by atoms with Gasteiger partial charge >= 0.3 is 0 Å². The molecule has 0 aromatic heterocycles. The van der Waals surface area contributed by atoms with Crippen LogP contribution in [-0.2, 0) is 14.8 Å². The predicted molar refractivity (Wildman–Crippen MR) is 85.9 cm³/mol. The molecule has 0 aliphatic carbocycles. The molecule has 6 nitrogen and oxygen atoms in total. The zero-order chi connectivity index (χ0) is 15.9. The molecule has 0 saturated carbocycles. The molecule has 7 heteroatoms. The lowest BCUT2D eigenvalue weighted by atomic mass is 10.1. The van der Waals surface area contributed by atoms with Gasteiger partial charge in [0.2, 0.25) is 10.0 Å². The van der Waals surface area contributed by atoms with Crippen molar-refractivity contribution in [3.8, 4) is 0 Å². The highest BCUT2D eigenvalue weighted by Gasteiger charge is 2.12. The topological polar surface area (TPSA) is 93.5 Å². The standard InChI is InChI=1S/C14H25N3O3S/c1-11(2)6-8-20-9-7-17-14-10-12(4-5-13(14)15)21(18,19)16-3/h4-5,10-11,16-17H,6-9,15H2,1-3H3. The Balaban J connectivity index is 2.53. The van der Waals surface area contributed by atoms with Gasteiger partial charge in [0, 0.05) is 13.2 Å². The zero-order valence-electron chi connectivity index (χ0n) is 12.8. The summed E-state index contributed by atoms with van der Waals surface area (Å²) in [7, 11) is -2.09. The van der Waals surface area contributed by atoms with Crippen molar-refractivity contribution >= 4 is 21.4 Å². The van der Waals surface area contributed by atoms with Crippen molar-refractivity contribution in [3.05, 3.63) is 18.2 Å². The average Bonchev–Trinajstić information content (AvgIpc) is 2.43. The first-order valence-corrected chi connectivity index (χ1v) is 8.50. The van der Waals surface area contributed by atoms with Crippen LogP contribution in [0.4, 0.5) is 11.4 Å². The van der Waals surface area contributed by atoms with E-state index in [1.807, 2.05) is 0 Å². The van der Waals surface area contributed by atoms with Crippen molar-refractivity contribution in [2.24, 2.45) is 5.92 Å². The van der Waals surface area contributed by atoms with Crippen LogP contribution in [0.25, 0.3) is 0 Å². The molecule has 0 amide bonds. The van der Waals surface area contributed by atoms with E-state index >= 15 is 0 Å². The number of sulfonamides is 1. The van der Waals surface area contributed by atoms with Gasteiger partial charge in [-0.3, -0.25) is 0 Å². The minimum absolute atomic E-state index is 0.183. The van der Waals surface area contributed by atoms with Crippen LogP contribution in [0, 0.1) is 5.92 Å². The average molecular weight is 315 g/mol. The summed E-state index contributed by atoms with van der Waals surface area (Å²) in [4.78, 5) is 0.183. The Morgan fingerprint density at radius 1 is 1.29 bits per heavy atom. The number of nitrogens with two attached hydrogens (primary N) is 1. The highest BCUT2D eigenvalue weighted by molar-refractivity contribution is 7.89. The number of nitrogens with one attached hydrogen (secondary N) is 2. The molecule has 0 spiro atoms. The van der Waals surface area contributed by atoms with Gasteiger partial charge in [-0.2, -0.15) is 0 Å². The first kappa shape index (κ1) is 17.7. The van der Waals surface area contributed by atoms with Crippen molar-refractivity contribution in [2.45, 2.75) is 25.2 Å². The second-order valence-electron chi connectivity index (χ2n) is 5.18. The maximum atomic E-state index is 11.7. The minimum Gasteiger partial charge on any atom is -0.397 e. The Morgan fingerprint density at radius 3 is 2.62 bits per heavy atom. The smallest absolute Gasteiger partial charge is 0.240 e. The van der Waals surface area contributed by atoms with Crippen molar-refractivity contribution in [3.63, 3.8) is 0 Å². The molecule has 0 fully saturated rings. The third-order valence-corrected chi connectivity index (χ3v) is 4.42. The molecule has 0 bridgehead atoms. The van der Waals surface area contributed by atoms with Gasteiger partial charge in [-0.1, -0.05) is 13.8 Å². The number of nitrogen functional groups attached to an aromatic ring is 1. The largest absolute Gasteiger partial charge is 0.397 e. The number of rotatable bonds is 9. The number of ether oxygens (including phenoxy) is 1. The quantitative estimate of drug-likeness (QED) is 0.476. The Labute approximate surface area is 127 Å². The van der Waals surface area contributed by atoms with Crippen LogP contribution in [0.15, 0.2) is 23.1 Å². The van der Waals surface area contributed by atoms with Gasteiger partial charge in [-0.05, 0) is 37.6 Å². The van der Waals surface area contributed by atoms with Crippen molar-refractivity contribution in [1.82, 2.24) is 4.72 Å². The molecule has 0 atom stereocenters. The monoisotopic (exact) mass is 315 g/mol. The van der Waals surface area contributed by atoms with Crippen molar-refractivity contribution < 1.29 is 13.2 Å². The number of hydrogen-bond acceptors (Lipinski definition) is 5. The molecule has 0 radical (unpaired) electrons. The van der Waals surface area contributed by atoms with Gasteiger partial charge in [0.15, 0.2) is 0 Å². The lowest BCUT2D eigenvalue weighted by Crippen LogP contribution is -2.19. The summed E-state index contributed by atoms with van der Waals surface area (Å²) in [5, 5.41) is 3.10. The van der Waals surface area contributed by atoms with E-state index < -0.39 is 10.0 Å². The summed E-state index contributed by atoms with van der Waals surface area (Å²) in [5.41, 5.74) is 6.94. The van der Waals surface area contributed by atoms with Gasteiger partial charge in [-0.15, -0.1) is 0 Å². The Kier molecular flexibility index (Phi) is 6.94. The van der Waals surface area contributed by atoms with Gasteiger partial charge in [0.25, 0.3) is 0 Å². The molecule has 21 heavy (non-hydrogen) atoms. The van der Waals surface area contributed by atoms with Crippen LogP contribution in [0.5, 0.6) is 0 Å². The number of hydrogen-bond donors (Lipinski definition) is 3. The fourth-order valence-electron chi connectivity index (χ4n) is 1.65. The highest BCUT2D eigenvalue weighted by atomic mass is 32.2. The Hall–Kier alpha value is -1.31. The van der Waals surface area contributed by atoms with E-state index in [0.29, 0.717) is 30.4 Å². The van der Waals surface area contributed by atoms with E-state index in [9.17, 15) is 8.42 Å². The van der Waals surface area contributed by atoms with Crippen LogP contribution in [0.2, 0.25) is 0 Å². The van der Waals surface area contributed by atoms with Crippen LogP contribution in [0.3, 0.4) is 0 Å². The van der Waals surface area contributed by atoms with Gasteiger partial charge in [0.05, 0.1) is 22.9 Å². The lowest BCUT2D eigenvalue weighted by molar-refractivity contribution is 0.132. The normalized spacial score (nSPS) is 11.8. The third kappa shape index (κ3) is 5.91. The summed E-state index contributed by atoms with van der Waals surface area (Å²) in [5.74, 6) is 0.622. The minimum atomic E-state index is -3.46. The lowest BCUT2D eigenvalue weighted by Gasteiger charge is -2.12. The van der Waals surface area contributed by atoms with Crippen LogP contribution >= 0.6 is 0 Å². The summed E-state index contributed by atoms with van der Waals surface area (Å²) < 4.78 is 31.2. The van der Waals surface area contributed by atoms with Crippen LogP contribution in [-0.4, -0.2) is 35.2 Å². The molecule has 1 aromatic rings. The Morgan fingerprint density at radius 2 is 2.00 bits per heavy atom. The van der Waals surface area contributed by atoms with E-state index in [1.165, 1.54) is 19.2 Å². The highest BCUT2D eigenvalue weighted by Crippen LogP contribution is 2.22. The van der Waals surface area contributed by atoms with Crippen molar-refractivity contribution in [1.29, 1.82) is 0 Å². The third-order valence-electron chi connectivity index (χ3n) is 3.01. The maximum absolute atomic E-state index is 11.7. The molecular formula is C14H25N3O3S. The fraction of sp³-hybridized carbons (Fsp3) is 0.571. The summed E-state index contributed by atoms with van der Waals surface area (Å²) in [6.07, 6.45) is 1.03. The van der Waals surface area contributed by atoms with E-state index in [-0.39, 0.29) is 4.90 Å². The van der Waals surface area contributed by atoms with Crippen LogP contribution < -0.4 is 15.8 Å². The van der Waals surface area contributed by atoms with E-state index in [1.54, 1.807) is 6.07 Å². The number of anilines is 2. The van der Waals surface area contributed by atoms with E-state index in [2.05, 4.69) is 23.9 Å². The fourth-order valence-corrected chi connectivity index (χ4v) is 2.41. The molecule has 0 unspecified atom stereocenters. The van der Waals surface area contributed by atoms with Crippen LogP contribution in [0.1, 0.15) is 20.3 Å². The van der Waals surface area contributed by atoms with Gasteiger partial charge in [0.1, 0.15) is 0 Å². The SMILES string of the molecule is CNS(=O)(=O)c1ccc(N)c(NCCOCCC(C)C)c1. The molecular weight excluding hydrogens is 290 g/mol. The molecule has 0 aliphatic heterocycles. The number of benzene rings is 1. The molecule has 4 N–H and O–H groups in total. The Bertz CT molecular complexity index is 544. The first-order valence-electron chi connectivity index (χ1n) is 7.01. The van der Waals surface area contributed by atoms with E-state index in [4.69, 9.17) is 10.5 Å². The molecule has 0 saturated heterocycles. The van der Waals surface area contributed by atoms with E-state index in [0.717, 1.165) is 13.0 Å². The molecule has 0 heterocycles. The zero-order valence-corrected chi connectivity index (χ0v) is 13.7. The summed E-state index contributed by atoms with van der Waals surface area (Å²) in [6, 6.07) is 4.58. The second-order valence-corrected chi connectivity index (χ2v) is 7.06. The van der Waals surface area contributed by atoms with Gasteiger partial charge < -0.3 is 15.8 Å². The predicted octanol–water partition coefficient (Wildman–Crippen LogP) is 1.65. The maximum Gasteiger partial charge on any atom is 0.240 e. The van der Waals surface area contributed by atoms with Gasteiger partial charge in [-0.25, -0.2) is 13.1 Å². The first-order chi connectivity index (χ1) is 9.86. The molecule has 1 aromatic carbocycles. The summed E-state index contributed by atoms with van der Waals surface area (Å²) in [6.45, 7) is 6.15. The molecule has 0 aliphatic rings. The molecule has 1 rings (SSSR count).